The van der Waals surface area contributed by atoms with Gasteiger partial charge < -0.3 is 25.3 Å². The Bertz CT molecular complexity index is 977. The minimum Gasteiger partial charge on any atom is -0.491 e. The van der Waals surface area contributed by atoms with Crippen LogP contribution in [-0.2, 0) is 9.47 Å². The Hall–Kier alpha value is -3.26. The Morgan fingerprint density at radius 2 is 1.87 bits per heavy atom. The summed E-state index contributed by atoms with van der Waals surface area (Å²) >= 11 is 0. The molecule has 0 aliphatic rings. The molecule has 3 rings (SSSR count). The van der Waals surface area contributed by atoms with E-state index in [-0.39, 0.29) is 0 Å². The number of ether oxygens (including phenoxy) is 3. The fraction of sp³-hybridized carbons (Fsp3) is 0.364. The number of rotatable bonds is 8. The minimum atomic E-state index is -0.509. The number of nitrogens with one attached hydrogen (secondary N) is 1. The summed E-state index contributed by atoms with van der Waals surface area (Å²) in [5.41, 5.74) is 8.79. The maximum Gasteiger partial charge on any atom is 0.407 e. The predicted octanol–water partition coefficient (Wildman–Crippen LogP) is 3.53. The molecule has 0 unspecified atom stereocenters. The quantitative estimate of drug-likeness (QED) is 0.434. The number of carbonyl (C=O) groups is 1. The lowest BCUT2D eigenvalue weighted by Crippen LogP contribution is -2.34. The van der Waals surface area contributed by atoms with Crippen LogP contribution in [0.4, 0.5) is 10.5 Å². The van der Waals surface area contributed by atoms with Crippen molar-refractivity contribution in [1.82, 2.24) is 14.9 Å². The van der Waals surface area contributed by atoms with E-state index in [2.05, 4.69) is 10.3 Å². The molecule has 1 aromatic heterocycles. The van der Waals surface area contributed by atoms with E-state index in [0.29, 0.717) is 26.4 Å². The number of fused-ring (bicyclic) bond motifs is 1. The molecule has 30 heavy (non-hydrogen) atoms. The van der Waals surface area contributed by atoms with Gasteiger partial charge in [-0.15, -0.1) is 0 Å². The van der Waals surface area contributed by atoms with Crippen molar-refractivity contribution in [3.8, 4) is 11.4 Å². The van der Waals surface area contributed by atoms with Gasteiger partial charge >= 0.3 is 6.09 Å². The number of alkyl carbamates (subject to hydrolysis) is 1. The molecule has 0 saturated heterocycles. The number of carbonyl (C=O) groups excluding carboxylic acids is 1. The summed E-state index contributed by atoms with van der Waals surface area (Å²) in [6.45, 7) is 7.03. The van der Waals surface area contributed by atoms with Gasteiger partial charge in [0.2, 0.25) is 0 Å². The second-order valence-electron chi connectivity index (χ2n) is 7.75. The smallest absolute Gasteiger partial charge is 0.407 e. The van der Waals surface area contributed by atoms with Crippen LogP contribution in [0, 0.1) is 0 Å². The zero-order valence-electron chi connectivity index (χ0n) is 17.6. The molecule has 8 nitrogen and oxygen atoms in total. The van der Waals surface area contributed by atoms with Crippen LogP contribution in [0.5, 0.6) is 5.75 Å². The third kappa shape index (κ3) is 6.12. The van der Waals surface area contributed by atoms with Crippen LogP contribution in [-0.4, -0.2) is 47.6 Å². The summed E-state index contributed by atoms with van der Waals surface area (Å²) in [4.78, 5) is 16.0. The highest BCUT2D eigenvalue weighted by atomic mass is 16.6. The van der Waals surface area contributed by atoms with Crippen molar-refractivity contribution in [3.05, 3.63) is 48.8 Å². The summed E-state index contributed by atoms with van der Waals surface area (Å²) in [5.74, 6) is 0.723. The molecule has 0 radical (unpaired) electrons. The summed E-state index contributed by atoms with van der Waals surface area (Å²) in [6.07, 6.45) is 1.33. The molecule has 1 amide bonds. The monoisotopic (exact) mass is 412 g/mol. The highest BCUT2D eigenvalue weighted by Gasteiger charge is 2.15. The third-order valence-corrected chi connectivity index (χ3v) is 4.10. The topological polar surface area (TPSA) is 101 Å². The highest BCUT2D eigenvalue weighted by Crippen LogP contribution is 2.23. The predicted molar refractivity (Wildman–Crippen MR) is 116 cm³/mol. The molecule has 0 aliphatic heterocycles. The van der Waals surface area contributed by atoms with Crippen molar-refractivity contribution in [2.75, 3.05) is 32.1 Å². The Morgan fingerprint density at radius 1 is 1.10 bits per heavy atom. The average molecular weight is 412 g/mol. The van der Waals surface area contributed by atoms with Crippen LogP contribution in [0.15, 0.2) is 48.8 Å². The summed E-state index contributed by atoms with van der Waals surface area (Å²) in [5, 5.41) is 2.64. The number of nitrogens with zero attached hydrogens (tertiary/aromatic N) is 2. The number of nitrogens with two attached hydrogens (primary N) is 1. The second-order valence-corrected chi connectivity index (χ2v) is 7.75. The number of anilines is 1. The SMILES string of the molecule is CC(C)(C)OC(=O)NCCOCCOc1ccc2c(c1)ncn2-c1ccc(N)cc1. The lowest BCUT2D eigenvalue weighted by atomic mass is 10.2. The second kappa shape index (κ2) is 9.49. The van der Waals surface area contributed by atoms with E-state index in [4.69, 9.17) is 19.9 Å². The standard InChI is InChI=1S/C22H28N4O4/c1-22(2,3)30-21(27)24-10-11-28-12-13-29-18-8-9-20-19(14-18)25-15-26(20)17-6-4-16(23)5-7-17/h4-9,14-15H,10-13,23H2,1-3H3,(H,24,27). The molecule has 1 heterocycles. The summed E-state index contributed by atoms with van der Waals surface area (Å²) in [7, 11) is 0. The van der Waals surface area contributed by atoms with Gasteiger partial charge in [0.05, 0.1) is 24.2 Å². The number of aromatic nitrogens is 2. The largest absolute Gasteiger partial charge is 0.491 e. The van der Waals surface area contributed by atoms with Gasteiger partial charge in [0, 0.05) is 24.0 Å². The van der Waals surface area contributed by atoms with Crippen LogP contribution < -0.4 is 15.8 Å². The van der Waals surface area contributed by atoms with Gasteiger partial charge in [-0.25, -0.2) is 9.78 Å². The Balaban J connectivity index is 1.42. The molecule has 0 bridgehead atoms. The first-order valence-electron chi connectivity index (χ1n) is 9.82. The number of hydrogen-bond acceptors (Lipinski definition) is 6. The maximum absolute atomic E-state index is 11.5. The molecule has 3 aromatic rings. The normalized spacial score (nSPS) is 11.4. The lowest BCUT2D eigenvalue weighted by Gasteiger charge is -2.19. The van der Waals surface area contributed by atoms with E-state index < -0.39 is 11.7 Å². The average Bonchev–Trinajstić information content (AvgIpc) is 3.10. The molecule has 0 fully saturated rings. The van der Waals surface area contributed by atoms with Crippen LogP contribution in [0.2, 0.25) is 0 Å². The molecule has 0 spiro atoms. The maximum atomic E-state index is 11.5. The van der Waals surface area contributed by atoms with Gasteiger partial charge in [0.1, 0.15) is 24.3 Å². The van der Waals surface area contributed by atoms with Crippen molar-refractivity contribution in [3.63, 3.8) is 0 Å². The van der Waals surface area contributed by atoms with Crippen molar-refractivity contribution in [2.45, 2.75) is 26.4 Å². The van der Waals surface area contributed by atoms with Crippen molar-refractivity contribution >= 4 is 22.8 Å². The van der Waals surface area contributed by atoms with E-state index >= 15 is 0 Å². The van der Waals surface area contributed by atoms with Crippen LogP contribution in [0.1, 0.15) is 20.8 Å². The molecule has 3 N–H and O–H groups in total. The van der Waals surface area contributed by atoms with Crippen molar-refractivity contribution in [2.24, 2.45) is 0 Å². The van der Waals surface area contributed by atoms with E-state index in [1.165, 1.54) is 0 Å². The summed E-state index contributed by atoms with van der Waals surface area (Å²) < 4.78 is 18.4. The first kappa shape index (κ1) is 21.4. The van der Waals surface area contributed by atoms with E-state index in [1.807, 2.05) is 67.8 Å². The van der Waals surface area contributed by atoms with E-state index in [0.717, 1.165) is 28.2 Å². The van der Waals surface area contributed by atoms with E-state index in [1.54, 1.807) is 6.33 Å². The van der Waals surface area contributed by atoms with Crippen molar-refractivity contribution in [1.29, 1.82) is 0 Å². The minimum absolute atomic E-state index is 0.378. The van der Waals surface area contributed by atoms with Gasteiger partial charge in [0.25, 0.3) is 0 Å². The highest BCUT2D eigenvalue weighted by molar-refractivity contribution is 5.79. The first-order valence-corrected chi connectivity index (χ1v) is 9.82. The Morgan fingerprint density at radius 3 is 2.60 bits per heavy atom. The zero-order valence-corrected chi connectivity index (χ0v) is 17.6. The number of nitrogen functional groups attached to an aromatic ring is 1. The fourth-order valence-corrected chi connectivity index (χ4v) is 2.78. The van der Waals surface area contributed by atoms with Gasteiger partial charge in [-0.3, -0.25) is 4.57 Å². The van der Waals surface area contributed by atoms with Crippen molar-refractivity contribution < 1.29 is 19.0 Å². The third-order valence-electron chi connectivity index (χ3n) is 4.10. The van der Waals surface area contributed by atoms with Gasteiger partial charge in [-0.05, 0) is 57.2 Å². The zero-order chi connectivity index (χ0) is 21.6. The van der Waals surface area contributed by atoms with Crippen LogP contribution >= 0.6 is 0 Å². The van der Waals surface area contributed by atoms with Gasteiger partial charge in [-0.2, -0.15) is 0 Å². The molecule has 8 heteroatoms. The first-order chi connectivity index (χ1) is 14.3. The van der Waals surface area contributed by atoms with Crippen LogP contribution in [0.25, 0.3) is 16.7 Å². The molecule has 0 saturated carbocycles. The molecular weight excluding hydrogens is 384 g/mol. The molecule has 160 valence electrons. The Kier molecular flexibility index (Phi) is 6.79. The Labute approximate surface area is 175 Å². The number of hydrogen-bond donors (Lipinski definition) is 2. The number of benzene rings is 2. The number of amides is 1. The molecular formula is C22H28N4O4. The molecule has 0 atom stereocenters. The lowest BCUT2D eigenvalue weighted by molar-refractivity contribution is 0.0489. The summed E-state index contributed by atoms with van der Waals surface area (Å²) in [6, 6.07) is 13.4. The van der Waals surface area contributed by atoms with E-state index in [9.17, 15) is 4.79 Å². The molecule has 0 aliphatic carbocycles. The van der Waals surface area contributed by atoms with Crippen LogP contribution in [0.3, 0.4) is 0 Å². The molecule has 2 aromatic carbocycles. The fourth-order valence-electron chi connectivity index (χ4n) is 2.78. The van der Waals surface area contributed by atoms with Gasteiger partial charge in [0.15, 0.2) is 0 Å². The number of imidazole rings is 1. The van der Waals surface area contributed by atoms with Gasteiger partial charge in [-0.1, -0.05) is 0 Å².